The van der Waals surface area contributed by atoms with E-state index in [0.29, 0.717) is 22.5 Å². The number of nitrogen functional groups attached to an aromatic ring is 1. The molecule has 0 atom stereocenters. The highest BCUT2D eigenvalue weighted by Crippen LogP contribution is 2.21. The van der Waals surface area contributed by atoms with Gasteiger partial charge < -0.3 is 5.73 Å². The highest BCUT2D eigenvalue weighted by Gasteiger charge is 2.15. The Labute approximate surface area is 124 Å². The third-order valence-corrected chi connectivity index (χ3v) is 4.23. The van der Waals surface area contributed by atoms with E-state index in [4.69, 9.17) is 11.0 Å². The van der Waals surface area contributed by atoms with Gasteiger partial charge in [0.05, 0.1) is 23.1 Å². The van der Waals surface area contributed by atoms with Crippen LogP contribution in [0.25, 0.3) is 0 Å². The van der Waals surface area contributed by atoms with Crippen molar-refractivity contribution < 1.29 is 8.42 Å². The summed E-state index contributed by atoms with van der Waals surface area (Å²) in [5.74, 6) is -0.259. The molecule has 3 N–H and O–H groups in total. The predicted octanol–water partition coefficient (Wildman–Crippen LogP) is 2.39. The van der Waals surface area contributed by atoms with Gasteiger partial charge in [-0.05, 0) is 36.2 Å². The highest BCUT2D eigenvalue weighted by atomic mass is 32.2. The van der Waals surface area contributed by atoms with Crippen LogP contribution in [0.1, 0.15) is 16.7 Å². The van der Waals surface area contributed by atoms with Crippen molar-refractivity contribution >= 4 is 21.4 Å². The average molecular weight is 301 g/mol. The smallest absolute Gasteiger partial charge is 0.236 e. The molecule has 2 aromatic carbocycles. The first kappa shape index (κ1) is 14.9. The molecule has 0 saturated heterocycles. The van der Waals surface area contributed by atoms with Gasteiger partial charge in [-0.1, -0.05) is 24.3 Å². The van der Waals surface area contributed by atoms with E-state index in [1.807, 2.05) is 6.07 Å². The average Bonchev–Trinajstić information content (AvgIpc) is 2.43. The minimum Gasteiger partial charge on any atom is -0.399 e. The number of aryl methyl sites for hydroxylation is 1. The molecule has 0 heterocycles. The molecule has 2 aromatic rings. The molecule has 0 saturated carbocycles. The van der Waals surface area contributed by atoms with E-state index in [0.717, 1.165) is 5.56 Å². The third-order valence-electron chi connectivity index (χ3n) is 3.01. The second kappa shape index (κ2) is 5.85. The number of rotatable bonds is 4. The van der Waals surface area contributed by atoms with E-state index in [-0.39, 0.29) is 5.75 Å². The quantitative estimate of drug-likeness (QED) is 0.847. The standard InChI is InChI=1S/C15H15N3O2S/c1-11-6-7-14(17)8-15(11)18-21(19,20)10-13-5-3-2-4-12(13)9-16/h2-8,18H,10,17H2,1H3. The van der Waals surface area contributed by atoms with Crippen LogP contribution in [-0.2, 0) is 15.8 Å². The maximum Gasteiger partial charge on any atom is 0.236 e. The summed E-state index contributed by atoms with van der Waals surface area (Å²) in [7, 11) is -3.62. The second-order valence-electron chi connectivity index (χ2n) is 4.70. The zero-order valence-corrected chi connectivity index (χ0v) is 12.3. The predicted molar refractivity (Wildman–Crippen MR) is 83.0 cm³/mol. The lowest BCUT2D eigenvalue weighted by molar-refractivity contribution is 0.600. The Kier molecular flexibility index (Phi) is 4.15. The molecule has 0 aromatic heterocycles. The minimum absolute atomic E-state index is 0.259. The summed E-state index contributed by atoms with van der Waals surface area (Å²) >= 11 is 0. The molecule has 2 rings (SSSR count). The van der Waals surface area contributed by atoms with Gasteiger partial charge in [-0.2, -0.15) is 5.26 Å². The van der Waals surface area contributed by atoms with E-state index < -0.39 is 10.0 Å². The molecule has 0 radical (unpaired) electrons. The number of hydrogen-bond acceptors (Lipinski definition) is 4. The zero-order valence-electron chi connectivity index (χ0n) is 11.5. The summed E-state index contributed by atoms with van der Waals surface area (Å²) in [4.78, 5) is 0. The van der Waals surface area contributed by atoms with Crippen LogP contribution in [-0.4, -0.2) is 8.42 Å². The maximum absolute atomic E-state index is 12.2. The van der Waals surface area contributed by atoms with Gasteiger partial charge in [-0.15, -0.1) is 0 Å². The second-order valence-corrected chi connectivity index (χ2v) is 6.43. The molecule has 0 amide bonds. The SMILES string of the molecule is Cc1ccc(N)cc1NS(=O)(=O)Cc1ccccc1C#N. The van der Waals surface area contributed by atoms with Crippen LogP contribution in [0.2, 0.25) is 0 Å². The molecule has 0 aliphatic rings. The van der Waals surface area contributed by atoms with Crippen LogP contribution in [0.5, 0.6) is 0 Å². The lowest BCUT2D eigenvalue weighted by Gasteiger charge is -2.11. The van der Waals surface area contributed by atoms with Crippen molar-refractivity contribution in [3.8, 4) is 6.07 Å². The Morgan fingerprint density at radius 3 is 2.67 bits per heavy atom. The fraction of sp³-hybridized carbons (Fsp3) is 0.133. The van der Waals surface area contributed by atoms with Gasteiger partial charge in [0.15, 0.2) is 0 Å². The van der Waals surface area contributed by atoms with Gasteiger partial charge in [-0.3, -0.25) is 4.72 Å². The van der Waals surface area contributed by atoms with Crippen molar-refractivity contribution in [1.29, 1.82) is 5.26 Å². The monoisotopic (exact) mass is 301 g/mol. The van der Waals surface area contributed by atoms with Gasteiger partial charge in [0.2, 0.25) is 10.0 Å². The van der Waals surface area contributed by atoms with Gasteiger partial charge in [0.1, 0.15) is 0 Å². The summed E-state index contributed by atoms with van der Waals surface area (Å²) in [5.41, 5.74) is 8.20. The minimum atomic E-state index is -3.62. The Bertz CT molecular complexity index is 808. The lowest BCUT2D eigenvalue weighted by Crippen LogP contribution is -2.16. The largest absolute Gasteiger partial charge is 0.399 e. The third kappa shape index (κ3) is 3.74. The summed E-state index contributed by atoms with van der Waals surface area (Å²) < 4.78 is 27.0. The molecule has 0 aliphatic heterocycles. The van der Waals surface area contributed by atoms with E-state index in [9.17, 15) is 8.42 Å². The molecule has 0 unspecified atom stereocenters. The van der Waals surface area contributed by atoms with Crippen molar-refractivity contribution in [2.75, 3.05) is 10.5 Å². The van der Waals surface area contributed by atoms with E-state index in [2.05, 4.69) is 4.72 Å². The number of anilines is 2. The summed E-state index contributed by atoms with van der Waals surface area (Å²) in [6.45, 7) is 1.79. The Morgan fingerprint density at radius 1 is 1.24 bits per heavy atom. The van der Waals surface area contributed by atoms with E-state index in [1.54, 1.807) is 49.4 Å². The molecular formula is C15H15N3O2S. The van der Waals surface area contributed by atoms with Crippen molar-refractivity contribution in [2.45, 2.75) is 12.7 Å². The maximum atomic E-state index is 12.2. The topological polar surface area (TPSA) is 96.0 Å². The molecular weight excluding hydrogens is 286 g/mol. The molecule has 0 spiro atoms. The Morgan fingerprint density at radius 2 is 1.95 bits per heavy atom. The highest BCUT2D eigenvalue weighted by molar-refractivity contribution is 7.91. The van der Waals surface area contributed by atoms with Crippen LogP contribution in [0.4, 0.5) is 11.4 Å². The van der Waals surface area contributed by atoms with Crippen LogP contribution < -0.4 is 10.5 Å². The molecule has 21 heavy (non-hydrogen) atoms. The van der Waals surface area contributed by atoms with E-state index >= 15 is 0 Å². The van der Waals surface area contributed by atoms with Crippen LogP contribution in [0, 0.1) is 18.3 Å². The fourth-order valence-corrected chi connectivity index (χ4v) is 3.20. The normalized spacial score (nSPS) is 10.9. The van der Waals surface area contributed by atoms with E-state index in [1.165, 1.54) is 0 Å². The van der Waals surface area contributed by atoms with Crippen molar-refractivity contribution in [2.24, 2.45) is 0 Å². The molecule has 6 heteroatoms. The number of nitrogens with one attached hydrogen (secondary N) is 1. The van der Waals surface area contributed by atoms with Crippen molar-refractivity contribution in [1.82, 2.24) is 0 Å². The molecule has 5 nitrogen and oxygen atoms in total. The first-order chi connectivity index (χ1) is 9.91. The Balaban J connectivity index is 2.27. The number of nitrogens with two attached hydrogens (primary N) is 1. The molecule has 0 aliphatic carbocycles. The summed E-state index contributed by atoms with van der Waals surface area (Å²) in [6.07, 6.45) is 0. The van der Waals surface area contributed by atoms with Crippen molar-refractivity contribution in [3.63, 3.8) is 0 Å². The van der Waals surface area contributed by atoms with Crippen molar-refractivity contribution in [3.05, 3.63) is 59.2 Å². The molecule has 0 bridgehead atoms. The number of benzene rings is 2. The summed E-state index contributed by atoms with van der Waals surface area (Å²) in [5, 5.41) is 9.00. The number of nitriles is 1. The van der Waals surface area contributed by atoms with Crippen LogP contribution >= 0.6 is 0 Å². The first-order valence-electron chi connectivity index (χ1n) is 6.26. The zero-order chi connectivity index (χ0) is 15.5. The van der Waals surface area contributed by atoms with Crippen LogP contribution in [0.15, 0.2) is 42.5 Å². The lowest BCUT2D eigenvalue weighted by atomic mass is 10.1. The molecule has 108 valence electrons. The number of hydrogen-bond donors (Lipinski definition) is 2. The molecule has 0 fully saturated rings. The number of sulfonamides is 1. The van der Waals surface area contributed by atoms with Gasteiger partial charge in [-0.25, -0.2) is 8.42 Å². The van der Waals surface area contributed by atoms with Gasteiger partial charge in [0.25, 0.3) is 0 Å². The first-order valence-corrected chi connectivity index (χ1v) is 7.91. The van der Waals surface area contributed by atoms with Gasteiger partial charge >= 0.3 is 0 Å². The Hall–Kier alpha value is -2.52. The van der Waals surface area contributed by atoms with Crippen LogP contribution in [0.3, 0.4) is 0 Å². The number of nitrogens with zero attached hydrogens (tertiary/aromatic N) is 1. The summed E-state index contributed by atoms with van der Waals surface area (Å²) in [6, 6.07) is 13.6. The van der Waals surface area contributed by atoms with Gasteiger partial charge in [0, 0.05) is 5.69 Å². The fourth-order valence-electron chi connectivity index (χ4n) is 1.91.